The van der Waals surface area contributed by atoms with Gasteiger partial charge in [0.05, 0.1) is 35.5 Å². The Morgan fingerprint density at radius 2 is 2.00 bits per heavy atom. The highest BCUT2D eigenvalue weighted by Crippen LogP contribution is 2.32. The SMILES string of the molecule is CC(=N)N[C@H](CC1COC1)C[C@@H]1CCC[C@@H](c2ccc(-n3cc4cc(-c5cc(CCC[C@H](C)N)cc(Cl)c5F)[nH]c4nc3=O)cc2)N1. The fourth-order valence-corrected chi connectivity index (χ4v) is 7.20. The third-order valence-electron chi connectivity index (χ3n) is 9.38. The first-order valence-electron chi connectivity index (χ1n) is 16.7. The first-order valence-corrected chi connectivity index (χ1v) is 17.1. The van der Waals surface area contributed by atoms with Crippen LogP contribution in [0.1, 0.15) is 76.0 Å². The van der Waals surface area contributed by atoms with Gasteiger partial charge in [-0.3, -0.25) is 9.98 Å². The molecular formula is C36H45ClFN7O2. The number of halogens is 2. The molecule has 9 nitrogen and oxygen atoms in total. The number of benzene rings is 2. The number of nitrogens with two attached hydrogens (primary N) is 1. The van der Waals surface area contributed by atoms with Gasteiger partial charge in [0.15, 0.2) is 5.82 Å². The number of amidine groups is 1. The average molecular weight is 662 g/mol. The van der Waals surface area contributed by atoms with Gasteiger partial charge in [-0.1, -0.05) is 30.2 Å². The molecule has 2 saturated heterocycles. The van der Waals surface area contributed by atoms with Gasteiger partial charge in [0.25, 0.3) is 0 Å². The number of nitrogens with one attached hydrogen (secondary N) is 4. The summed E-state index contributed by atoms with van der Waals surface area (Å²) in [5.41, 5.74) is 9.54. The lowest BCUT2D eigenvalue weighted by atomic mass is 9.88. The van der Waals surface area contributed by atoms with Crippen LogP contribution in [0.3, 0.4) is 0 Å². The number of aromatic amines is 1. The van der Waals surface area contributed by atoms with E-state index >= 15 is 4.39 Å². The number of hydrogen-bond donors (Lipinski definition) is 5. The molecular weight excluding hydrogens is 617 g/mol. The number of aromatic nitrogens is 3. The molecule has 0 radical (unpaired) electrons. The molecule has 4 aromatic rings. The number of nitrogens with zero attached hydrogens (tertiary/aromatic N) is 2. The van der Waals surface area contributed by atoms with Gasteiger partial charge in [0, 0.05) is 47.2 Å². The van der Waals surface area contributed by atoms with Gasteiger partial charge in [-0.15, -0.1) is 0 Å². The summed E-state index contributed by atoms with van der Waals surface area (Å²) in [7, 11) is 0. The average Bonchev–Trinajstić information content (AvgIpc) is 3.42. The van der Waals surface area contributed by atoms with Crippen LogP contribution < -0.4 is 22.1 Å². The Balaban J connectivity index is 1.17. The van der Waals surface area contributed by atoms with Crippen molar-refractivity contribution in [3.63, 3.8) is 0 Å². The third kappa shape index (κ3) is 8.12. The third-order valence-corrected chi connectivity index (χ3v) is 9.66. The van der Waals surface area contributed by atoms with Crippen molar-refractivity contribution in [3.8, 4) is 16.9 Å². The molecule has 0 amide bonds. The Morgan fingerprint density at radius 3 is 2.70 bits per heavy atom. The van der Waals surface area contributed by atoms with Crippen LogP contribution in [-0.4, -0.2) is 51.7 Å². The molecule has 4 heterocycles. The molecule has 0 bridgehead atoms. The van der Waals surface area contributed by atoms with Crippen LogP contribution in [-0.2, 0) is 11.2 Å². The minimum Gasteiger partial charge on any atom is -0.381 e. The van der Waals surface area contributed by atoms with Crippen LogP contribution in [0.5, 0.6) is 0 Å². The summed E-state index contributed by atoms with van der Waals surface area (Å²) >= 11 is 6.28. The molecule has 4 atom stereocenters. The summed E-state index contributed by atoms with van der Waals surface area (Å²) in [5.74, 6) is 0.565. The standard InChI is InChI=1S/C36H45ClFN7O2/c1-21(39)5-3-6-23-14-30(34(38)31(37)15-23)33-16-26-18-45(36(46)44-35(26)43-33)29-11-9-25(10-12-29)32-8-4-7-27(42-32)17-28(41-22(2)40)13-24-19-47-20-24/h9-12,14-16,18,21,24,27-28,32,42H,3-8,13,17,19-20,39H2,1-2H3,(H2,40,41)(H,43,44,46)/t21-,27-,28+,32-/m0/s1. The largest absolute Gasteiger partial charge is 0.381 e. The molecule has 2 aromatic carbocycles. The molecule has 47 heavy (non-hydrogen) atoms. The second kappa shape index (κ2) is 14.7. The zero-order chi connectivity index (χ0) is 33.1. The Kier molecular flexibility index (Phi) is 10.4. The fraction of sp³-hybridized carbons (Fsp3) is 0.472. The molecule has 0 spiro atoms. The Bertz CT molecular complexity index is 1770. The van der Waals surface area contributed by atoms with Gasteiger partial charge in [-0.2, -0.15) is 4.98 Å². The highest BCUT2D eigenvalue weighted by atomic mass is 35.5. The van der Waals surface area contributed by atoms with Gasteiger partial charge in [0.2, 0.25) is 0 Å². The van der Waals surface area contributed by atoms with E-state index in [4.69, 9.17) is 27.5 Å². The highest BCUT2D eigenvalue weighted by Gasteiger charge is 2.28. The maximum atomic E-state index is 15.2. The lowest BCUT2D eigenvalue weighted by molar-refractivity contribution is -0.0397. The van der Waals surface area contributed by atoms with Gasteiger partial charge in [-0.25, -0.2) is 9.18 Å². The summed E-state index contributed by atoms with van der Waals surface area (Å²) in [4.78, 5) is 20.5. The number of fused-ring (bicyclic) bond motifs is 1. The minimum absolute atomic E-state index is 0.0602. The second-order valence-electron chi connectivity index (χ2n) is 13.5. The van der Waals surface area contributed by atoms with Crippen LogP contribution >= 0.6 is 11.6 Å². The monoisotopic (exact) mass is 661 g/mol. The van der Waals surface area contributed by atoms with E-state index in [2.05, 4.69) is 32.7 Å². The molecule has 6 rings (SSSR count). The van der Waals surface area contributed by atoms with Crippen LogP contribution in [0, 0.1) is 17.1 Å². The van der Waals surface area contributed by atoms with Crippen molar-refractivity contribution in [3.05, 3.63) is 81.1 Å². The van der Waals surface area contributed by atoms with Crippen molar-refractivity contribution in [1.82, 2.24) is 25.2 Å². The molecule has 0 saturated carbocycles. The highest BCUT2D eigenvalue weighted by molar-refractivity contribution is 6.31. The van der Waals surface area contributed by atoms with E-state index in [-0.39, 0.29) is 23.1 Å². The van der Waals surface area contributed by atoms with E-state index in [0.717, 1.165) is 70.1 Å². The van der Waals surface area contributed by atoms with Crippen molar-refractivity contribution in [2.24, 2.45) is 11.7 Å². The Hall–Kier alpha value is -3.57. The van der Waals surface area contributed by atoms with E-state index in [9.17, 15) is 4.79 Å². The summed E-state index contributed by atoms with van der Waals surface area (Å²) < 4.78 is 22.1. The molecule has 2 aliphatic rings. The predicted molar refractivity (Wildman–Crippen MR) is 186 cm³/mol. The van der Waals surface area contributed by atoms with Gasteiger partial charge >= 0.3 is 5.69 Å². The summed E-state index contributed by atoms with van der Waals surface area (Å²) in [6.45, 7) is 5.40. The smallest absolute Gasteiger partial charge is 0.354 e. The summed E-state index contributed by atoms with van der Waals surface area (Å²) in [5, 5.41) is 15.9. The maximum Gasteiger partial charge on any atom is 0.354 e. The van der Waals surface area contributed by atoms with E-state index in [1.54, 1.807) is 31.3 Å². The molecule has 0 aliphatic carbocycles. The van der Waals surface area contributed by atoms with Crippen molar-refractivity contribution < 1.29 is 9.13 Å². The van der Waals surface area contributed by atoms with Crippen molar-refractivity contribution in [2.75, 3.05) is 13.2 Å². The van der Waals surface area contributed by atoms with Crippen molar-refractivity contribution >= 4 is 28.5 Å². The maximum absolute atomic E-state index is 15.2. The van der Waals surface area contributed by atoms with Crippen LogP contribution in [0.2, 0.25) is 5.02 Å². The van der Waals surface area contributed by atoms with E-state index in [0.29, 0.717) is 45.8 Å². The number of rotatable bonds is 12. The number of aryl methyl sites for hydroxylation is 1. The molecule has 0 unspecified atom stereocenters. The van der Waals surface area contributed by atoms with Gasteiger partial charge in [-0.05, 0) is 100 Å². The molecule has 6 N–H and O–H groups in total. The minimum atomic E-state index is -0.511. The van der Waals surface area contributed by atoms with Crippen LogP contribution in [0.25, 0.3) is 28.0 Å². The summed E-state index contributed by atoms with van der Waals surface area (Å²) in [6.07, 6.45) is 9.50. The second-order valence-corrected chi connectivity index (χ2v) is 13.9. The number of hydrogen-bond acceptors (Lipinski definition) is 6. The lowest BCUT2D eigenvalue weighted by Gasteiger charge is -2.36. The van der Waals surface area contributed by atoms with E-state index in [1.165, 1.54) is 10.1 Å². The first kappa shape index (κ1) is 33.3. The fourth-order valence-electron chi connectivity index (χ4n) is 6.96. The molecule has 2 aliphatic heterocycles. The van der Waals surface area contributed by atoms with E-state index in [1.807, 2.05) is 19.1 Å². The molecule has 11 heteroatoms. The molecule has 250 valence electrons. The van der Waals surface area contributed by atoms with Gasteiger partial charge < -0.3 is 26.1 Å². The first-order chi connectivity index (χ1) is 22.6. The Labute approximate surface area is 280 Å². The molecule has 2 fully saturated rings. The predicted octanol–water partition coefficient (Wildman–Crippen LogP) is 6.41. The zero-order valence-corrected chi connectivity index (χ0v) is 27.9. The van der Waals surface area contributed by atoms with Crippen molar-refractivity contribution in [2.45, 2.75) is 89.4 Å². The summed E-state index contributed by atoms with van der Waals surface area (Å²) in [6, 6.07) is 14.3. The number of piperidine rings is 1. The Morgan fingerprint density at radius 1 is 1.21 bits per heavy atom. The van der Waals surface area contributed by atoms with Crippen molar-refractivity contribution in [1.29, 1.82) is 5.41 Å². The zero-order valence-electron chi connectivity index (χ0n) is 27.1. The number of ether oxygens (including phenoxy) is 1. The number of H-pyrrole nitrogens is 1. The van der Waals surface area contributed by atoms with E-state index < -0.39 is 11.5 Å². The molecule has 2 aromatic heterocycles. The van der Waals surface area contributed by atoms with Gasteiger partial charge in [0.1, 0.15) is 5.65 Å². The quantitative estimate of drug-likeness (QED) is 0.0880. The van der Waals surface area contributed by atoms with Crippen LogP contribution in [0.4, 0.5) is 4.39 Å². The topological polar surface area (TPSA) is 134 Å². The normalized spacial score (nSPS) is 19.8. The lowest BCUT2D eigenvalue weighted by Crippen LogP contribution is -2.45. The van der Waals surface area contributed by atoms with Crippen LogP contribution in [0.15, 0.2) is 53.5 Å².